The summed E-state index contributed by atoms with van der Waals surface area (Å²) in [6, 6.07) is 8.18. The van der Waals surface area contributed by atoms with Gasteiger partial charge in [-0.05, 0) is 44.0 Å². The molecule has 3 heterocycles. The van der Waals surface area contributed by atoms with E-state index in [1.807, 2.05) is 12.1 Å². The van der Waals surface area contributed by atoms with Crippen LogP contribution >= 0.6 is 24.8 Å². The van der Waals surface area contributed by atoms with Gasteiger partial charge in [-0.15, -0.1) is 24.8 Å². The molecule has 2 aliphatic heterocycles. The summed E-state index contributed by atoms with van der Waals surface area (Å²) in [5.74, 6) is 0. The predicted molar refractivity (Wildman–Crippen MR) is 108 cm³/mol. The molecule has 0 saturated carbocycles. The third kappa shape index (κ3) is 4.37. The van der Waals surface area contributed by atoms with Crippen molar-refractivity contribution in [3.8, 4) is 0 Å². The van der Waals surface area contributed by atoms with Gasteiger partial charge in [-0.3, -0.25) is 9.69 Å². The van der Waals surface area contributed by atoms with Crippen LogP contribution < -0.4 is 5.56 Å². The van der Waals surface area contributed by atoms with Gasteiger partial charge in [0.2, 0.25) is 0 Å². The highest BCUT2D eigenvalue weighted by Gasteiger charge is 2.21. The summed E-state index contributed by atoms with van der Waals surface area (Å²) in [6.07, 6.45) is 5.05. The Morgan fingerprint density at radius 2 is 1.60 bits per heavy atom. The minimum atomic E-state index is 0. The number of H-pyrrole nitrogens is 1. The number of pyridine rings is 1. The van der Waals surface area contributed by atoms with Gasteiger partial charge in [0, 0.05) is 42.6 Å². The molecule has 1 saturated heterocycles. The van der Waals surface area contributed by atoms with Crippen LogP contribution in [-0.4, -0.2) is 47.5 Å². The molecule has 0 spiro atoms. The molecule has 0 aliphatic carbocycles. The van der Waals surface area contributed by atoms with E-state index in [1.165, 1.54) is 43.3 Å². The first kappa shape index (κ1) is 20.2. The molecule has 0 bridgehead atoms. The van der Waals surface area contributed by atoms with Gasteiger partial charge in [0.05, 0.1) is 0 Å². The number of halogens is 2. The molecule has 4 rings (SSSR count). The lowest BCUT2D eigenvalue weighted by molar-refractivity contribution is 0.173. The summed E-state index contributed by atoms with van der Waals surface area (Å²) in [5, 5.41) is 1.22. The second-order valence-corrected chi connectivity index (χ2v) is 6.89. The maximum absolute atomic E-state index is 12.4. The summed E-state index contributed by atoms with van der Waals surface area (Å²) in [7, 11) is 0. The standard InChI is InChI=1S/C19H25N3O.2ClH/c23-19-17-14-22(13-12-21-9-4-1-5-10-21)11-8-15(17)16-6-2-3-7-18(16)20-19;;/h2-3,6-7H,1,4-5,8-14H2,(H,20,23);2*1H. The van der Waals surface area contributed by atoms with E-state index in [2.05, 4.69) is 26.9 Å². The molecule has 1 fully saturated rings. The molecular formula is C19H27Cl2N3O. The van der Waals surface area contributed by atoms with Crippen molar-refractivity contribution in [3.05, 3.63) is 45.7 Å². The second-order valence-electron chi connectivity index (χ2n) is 6.89. The second kappa shape index (κ2) is 9.04. The van der Waals surface area contributed by atoms with E-state index >= 15 is 0 Å². The molecule has 0 amide bonds. The summed E-state index contributed by atoms with van der Waals surface area (Å²) < 4.78 is 0. The molecule has 2 aromatic rings. The highest BCUT2D eigenvalue weighted by molar-refractivity contribution is 5.85. The number of benzene rings is 1. The first-order chi connectivity index (χ1) is 11.3. The first-order valence-corrected chi connectivity index (χ1v) is 8.89. The van der Waals surface area contributed by atoms with Gasteiger partial charge in [-0.2, -0.15) is 0 Å². The van der Waals surface area contributed by atoms with Gasteiger partial charge in [0.15, 0.2) is 0 Å². The number of fused-ring (bicyclic) bond motifs is 3. The Bertz CT molecular complexity index is 756. The van der Waals surface area contributed by atoms with Gasteiger partial charge in [0.25, 0.3) is 5.56 Å². The first-order valence-electron chi connectivity index (χ1n) is 8.89. The van der Waals surface area contributed by atoms with E-state index in [-0.39, 0.29) is 30.4 Å². The number of nitrogens with one attached hydrogen (secondary N) is 1. The number of aromatic nitrogens is 1. The van der Waals surface area contributed by atoms with E-state index in [0.29, 0.717) is 0 Å². The van der Waals surface area contributed by atoms with Crippen LogP contribution in [0, 0.1) is 0 Å². The van der Waals surface area contributed by atoms with E-state index in [1.54, 1.807) is 0 Å². The van der Waals surface area contributed by atoms with Gasteiger partial charge in [-0.1, -0.05) is 24.6 Å². The van der Waals surface area contributed by atoms with Crippen LogP contribution in [0.1, 0.15) is 30.4 Å². The highest BCUT2D eigenvalue weighted by Crippen LogP contribution is 2.23. The van der Waals surface area contributed by atoms with Crippen LogP contribution in [-0.2, 0) is 13.0 Å². The fraction of sp³-hybridized carbons (Fsp3) is 0.526. The molecule has 0 radical (unpaired) electrons. The van der Waals surface area contributed by atoms with E-state index in [0.717, 1.165) is 43.7 Å². The zero-order valence-electron chi connectivity index (χ0n) is 14.5. The van der Waals surface area contributed by atoms with Crippen molar-refractivity contribution >= 4 is 35.7 Å². The molecule has 0 unspecified atom stereocenters. The molecule has 1 aromatic heterocycles. The fourth-order valence-corrected chi connectivity index (χ4v) is 4.03. The molecule has 138 valence electrons. The van der Waals surface area contributed by atoms with Crippen LogP contribution in [0.25, 0.3) is 10.9 Å². The Balaban J connectivity index is 0.00000113. The van der Waals surface area contributed by atoms with Crippen molar-refractivity contribution in [1.29, 1.82) is 0 Å². The van der Waals surface area contributed by atoms with Crippen molar-refractivity contribution in [2.45, 2.75) is 32.2 Å². The Morgan fingerprint density at radius 3 is 2.40 bits per heavy atom. The van der Waals surface area contributed by atoms with Crippen LogP contribution in [0.5, 0.6) is 0 Å². The lowest BCUT2D eigenvalue weighted by atomic mass is 9.96. The summed E-state index contributed by atoms with van der Waals surface area (Å²) in [6.45, 7) is 6.56. The van der Waals surface area contributed by atoms with E-state index in [9.17, 15) is 4.79 Å². The van der Waals surface area contributed by atoms with Crippen LogP contribution in [0.2, 0.25) is 0 Å². The third-order valence-electron chi connectivity index (χ3n) is 5.38. The SMILES string of the molecule is Cl.Cl.O=c1[nH]c2ccccc2c2c1CN(CCN1CCCCC1)CC2. The van der Waals surface area contributed by atoms with Crippen LogP contribution in [0.15, 0.2) is 29.1 Å². The lowest BCUT2D eigenvalue weighted by Crippen LogP contribution is -2.41. The summed E-state index contributed by atoms with van der Waals surface area (Å²) >= 11 is 0. The monoisotopic (exact) mass is 383 g/mol. The van der Waals surface area contributed by atoms with Gasteiger partial charge < -0.3 is 9.88 Å². The Morgan fingerprint density at radius 1 is 0.880 bits per heavy atom. The Kier molecular flexibility index (Phi) is 7.32. The zero-order valence-corrected chi connectivity index (χ0v) is 16.1. The minimum absolute atomic E-state index is 0. The number of aromatic amines is 1. The largest absolute Gasteiger partial charge is 0.322 e. The van der Waals surface area contributed by atoms with Crippen molar-refractivity contribution in [2.75, 3.05) is 32.7 Å². The average molecular weight is 384 g/mol. The van der Waals surface area contributed by atoms with E-state index in [4.69, 9.17) is 0 Å². The molecule has 0 atom stereocenters. The summed E-state index contributed by atoms with van der Waals surface area (Å²) in [5.41, 5.74) is 3.31. The number of para-hydroxylation sites is 1. The highest BCUT2D eigenvalue weighted by atomic mass is 35.5. The topological polar surface area (TPSA) is 39.3 Å². The predicted octanol–water partition coefficient (Wildman–Crippen LogP) is 3.22. The average Bonchev–Trinajstić information content (AvgIpc) is 2.61. The van der Waals surface area contributed by atoms with Crippen molar-refractivity contribution in [1.82, 2.24) is 14.8 Å². The number of hydrogen-bond donors (Lipinski definition) is 1. The number of hydrogen-bond acceptors (Lipinski definition) is 3. The van der Waals surface area contributed by atoms with E-state index < -0.39 is 0 Å². The van der Waals surface area contributed by atoms with Gasteiger partial charge in [0.1, 0.15) is 0 Å². The number of likely N-dealkylation sites (tertiary alicyclic amines) is 1. The third-order valence-corrected chi connectivity index (χ3v) is 5.38. The molecule has 6 heteroatoms. The summed E-state index contributed by atoms with van der Waals surface area (Å²) in [4.78, 5) is 20.5. The zero-order chi connectivity index (χ0) is 15.6. The van der Waals surface area contributed by atoms with Crippen molar-refractivity contribution in [2.24, 2.45) is 0 Å². The minimum Gasteiger partial charge on any atom is -0.322 e. The molecule has 4 nitrogen and oxygen atoms in total. The fourth-order valence-electron chi connectivity index (χ4n) is 4.03. The molecule has 1 N–H and O–H groups in total. The van der Waals surface area contributed by atoms with Gasteiger partial charge in [-0.25, -0.2) is 0 Å². The number of nitrogens with zero attached hydrogens (tertiary/aromatic N) is 2. The van der Waals surface area contributed by atoms with Crippen LogP contribution in [0.3, 0.4) is 0 Å². The quantitative estimate of drug-likeness (QED) is 0.884. The van der Waals surface area contributed by atoms with Crippen molar-refractivity contribution in [3.63, 3.8) is 0 Å². The Labute approximate surface area is 161 Å². The molecule has 25 heavy (non-hydrogen) atoms. The molecule has 1 aromatic carbocycles. The maximum atomic E-state index is 12.4. The lowest BCUT2D eigenvalue weighted by Gasteiger charge is -2.32. The van der Waals surface area contributed by atoms with Crippen molar-refractivity contribution < 1.29 is 0 Å². The maximum Gasteiger partial charge on any atom is 0.253 e. The smallest absolute Gasteiger partial charge is 0.253 e. The molecular weight excluding hydrogens is 357 g/mol. The normalized spacial score (nSPS) is 18.2. The number of rotatable bonds is 3. The van der Waals surface area contributed by atoms with Gasteiger partial charge >= 0.3 is 0 Å². The van der Waals surface area contributed by atoms with Crippen LogP contribution in [0.4, 0.5) is 0 Å². The molecule has 2 aliphatic rings. The Hall–Kier alpha value is -1.07. The number of piperidine rings is 1.